The van der Waals surface area contributed by atoms with Crippen molar-refractivity contribution in [3.05, 3.63) is 47.5 Å². The van der Waals surface area contributed by atoms with E-state index < -0.39 is 24.2 Å². The lowest BCUT2D eigenvalue weighted by atomic mass is 9.88. The van der Waals surface area contributed by atoms with Gasteiger partial charge in [0.25, 0.3) is 0 Å². The summed E-state index contributed by atoms with van der Waals surface area (Å²) in [6, 6.07) is 9.03. The van der Waals surface area contributed by atoms with Gasteiger partial charge in [-0.25, -0.2) is 4.79 Å². The summed E-state index contributed by atoms with van der Waals surface area (Å²) in [5.74, 6) is -1.21. The Kier molecular flexibility index (Phi) is 6.73. The molecule has 2 rings (SSSR count). The minimum Gasteiger partial charge on any atom is -0.478 e. The fourth-order valence-corrected chi connectivity index (χ4v) is 3.09. The Hall–Kier alpha value is -2.18. The topological polar surface area (TPSA) is 102 Å². The van der Waals surface area contributed by atoms with Gasteiger partial charge in [0.2, 0.25) is 5.91 Å². The second-order valence-corrected chi connectivity index (χ2v) is 6.41. The van der Waals surface area contributed by atoms with Crippen LogP contribution in [0.15, 0.2) is 42.0 Å². The van der Waals surface area contributed by atoms with Gasteiger partial charge in [0.15, 0.2) is 0 Å². The largest absolute Gasteiger partial charge is 0.478 e. The number of nitrogens with two attached hydrogens (primary N) is 1. The third kappa shape index (κ3) is 5.41. The summed E-state index contributed by atoms with van der Waals surface area (Å²) in [7, 11) is 0. The number of hydrogen-bond acceptors (Lipinski definition) is 4. The molecule has 0 unspecified atom stereocenters. The van der Waals surface area contributed by atoms with Crippen LogP contribution in [0.5, 0.6) is 0 Å². The SMILES string of the molecule is CC[C@@H](Cc1ccccc1)O[C@@H]1C=C(C(=O)O)C[C@H](N)[C@H]1NC(C)=O. The number of carboxylic acid groups (broad SMARTS) is 1. The Balaban J connectivity index is 2.18. The number of benzene rings is 1. The van der Waals surface area contributed by atoms with Crippen molar-refractivity contribution in [2.24, 2.45) is 5.73 Å². The Bertz CT molecular complexity index is 630. The molecule has 1 aliphatic rings. The third-order valence-corrected chi connectivity index (χ3v) is 4.39. The lowest BCUT2D eigenvalue weighted by Gasteiger charge is -2.36. The molecule has 6 nitrogen and oxygen atoms in total. The van der Waals surface area contributed by atoms with Crippen molar-refractivity contribution in [3.63, 3.8) is 0 Å². The molecule has 0 aromatic heterocycles. The van der Waals surface area contributed by atoms with Crippen molar-refractivity contribution < 1.29 is 19.4 Å². The predicted molar refractivity (Wildman–Crippen MR) is 95.0 cm³/mol. The smallest absolute Gasteiger partial charge is 0.331 e. The van der Waals surface area contributed by atoms with E-state index in [4.69, 9.17) is 10.5 Å². The Labute approximate surface area is 148 Å². The molecule has 136 valence electrons. The van der Waals surface area contributed by atoms with Crippen LogP contribution in [0.2, 0.25) is 0 Å². The Morgan fingerprint density at radius 2 is 2.04 bits per heavy atom. The predicted octanol–water partition coefficient (Wildman–Crippen LogP) is 1.64. The van der Waals surface area contributed by atoms with Crippen LogP contribution in [0, 0.1) is 0 Å². The van der Waals surface area contributed by atoms with Crippen LogP contribution >= 0.6 is 0 Å². The number of ether oxygens (including phenoxy) is 1. The second kappa shape index (κ2) is 8.78. The highest BCUT2D eigenvalue weighted by atomic mass is 16.5. The second-order valence-electron chi connectivity index (χ2n) is 6.41. The van der Waals surface area contributed by atoms with Crippen LogP contribution in [-0.2, 0) is 20.7 Å². The fourth-order valence-electron chi connectivity index (χ4n) is 3.09. The van der Waals surface area contributed by atoms with Gasteiger partial charge in [-0.05, 0) is 30.9 Å². The molecule has 1 aromatic rings. The molecule has 0 aliphatic heterocycles. The normalized spacial score (nSPS) is 24.3. The van der Waals surface area contributed by atoms with Gasteiger partial charge >= 0.3 is 5.97 Å². The van der Waals surface area contributed by atoms with Gasteiger partial charge in [-0.15, -0.1) is 0 Å². The quantitative estimate of drug-likeness (QED) is 0.697. The number of carboxylic acids is 1. The minimum absolute atomic E-state index is 0.0970. The molecule has 0 bridgehead atoms. The van der Waals surface area contributed by atoms with E-state index in [9.17, 15) is 14.7 Å². The van der Waals surface area contributed by atoms with Gasteiger partial charge in [-0.2, -0.15) is 0 Å². The summed E-state index contributed by atoms with van der Waals surface area (Å²) >= 11 is 0. The van der Waals surface area contributed by atoms with Crippen LogP contribution in [0.4, 0.5) is 0 Å². The van der Waals surface area contributed by atoms with Gasteiger partial charge < -0.3 is 20.9 Å². The first-order valence-electron chi connectivity index (χ1n) is 8.56. The maximum absolute atomic E-state index is 11.5. The zero-order valence-corrected chi connectivity index (χ0v) is 14.6. The number of carbonyl (C=O) groups excluding carboxylic acids is 1. The highest BCUT2D eigenvalue weighted by Gasteiger charge is 2.35. The van der Waals surface area contributed by atoms with Crippen LogP contribution in [0.3, 0.4) is 0 Å². The van der Waals surface area contributed by atoms with Crippen molar-refractivity contribution in [2.45, 2.75) is 57.4 Å². The van der Waals surface area contributed by atoms with Gasteiger partial charge in [0.1, 0.15) is 0 Å². The van der Waals surface area contributed by atoms with E-state index in [0.717, 1.165) is 12.0 Å². The van der Waals surface area contributed by atoms with Gasteiger partial charge in [-0.1, -0.05) is 37.3 Å². The highest BCUT2D eigenvalue weighted by Crippen LogP contribution is 2.23. The molecule has 0 heterocycles. The van der Waals surface area contributed by atoms with Crippen molar-refractivity contribution in [1.29, 1.82) is 0 Å². The maximum Gasteiger partial charge on any atom is 0.331 e. The molecule has 6 heteroatoms. The molecule has 0 radical (unpaired) electrons. The molecule has 0 spiro atoms. The molecule has 0 saturated carbocycles. The fraction of sp³-hybridized carbons (Fsp3) is 0.474. The molecule has 1 aliphatic carbocycles. The van der Waals surface area contributed by atoms with Crippen LogP contribution in [0.25, 0.3) is 0 Å². The van der Waals surface area contributed by atoms with E-state index >= 15 is 0 Å². The number of carbonyl (C=O) groups is 2. The van der Waals surface area contributed by atoms with E-state index in [1.807, 2.05) is 37.3 Å². The molecule has 1 aromatic carbocycles. The van der Waals surface area contributed by atoms with E-state index in [2.05, 4.69) is 5.32 Å². The zero-order valence-electron chi connectivity index (χ0n) is 14.6. The monoisotopic (exact) mass is 346 g/mol. The van der Waals surface area contributed by atoms with Crippen molar-refractivity contribution in [1.82, 2.24) is 5.32 Å². The van der Waals surface area contributed by atoms with E-state index in [1.54, 1.807) is 6.08 Å². The van der Waals surface area contributed by atoms with Crippen molar-refractivity contribution in [2.75, 3.05) is 0 Å². The number of hydrogen-bond donors (Lipinski definition) is 3. The van der Waals surface area contributed by atoms with E-state index in [-0.39, 0.29) is 24.0 Å². The summed E-state index contributed by atoms with van der Waals surface area (Å²) in [6.45, 7) is 3.44. The molecular weight excluding hydrogens is 320 g/mol. The summed E-state index contributed by atoms with van der Waals surface area (Å²) in [4.78, 5) is 22.9. The van der Waals surface area contributed by atoms with Crippen LogP contribution < -0.4 is 11.1 Å². The Morgan fingerprint density at radius 3 is 2.60 bits per heavy atom. The van der Waals surface area contributed by atoms with E-state index in [0.29, 0.717) is 6.42 Å². The lowest BCUT2D eigenvalue weighted by Crippen LogP contribution is -2.57. The summed E-state index contributed by atoms with van der Waals surface area (Å²) in [6.07, 6.45) is 2.61. The number of amides is 1. The molecule has 0 saturated heterocycles. The first-order chi connectivity index (χ1) is 11.9. The van der Waals surface area contributed by atoms with Gasteiger partial charge in [0.05, 0.1) is 18.2 Å². The average Bonchev–Trinajstić information content (AvgIpc) is 2.57. The van der Waals surface area contributed by atoms with Gasteiger partial charge in [-0.3, -0.25) is 4.79 Å². The first-order valence-corrected chi connectivity index (χ1v) is 8.56. The minimum atomic E-state index is -0.999. The molecular formula is C19H26N2O4. The maximum atomic E-state index is 11.5. The number of rotatable bonds is 7. The average molecular weight is 346 g/mol. The highest BCUT2D eigenvalue weighted by molar-refractivity contribution is 5.87. The molecule has 1 amide bonds. The Morgan fingerprint density at radius 1 is 1.36 bits per heavy atom. The molecule has 4 atom stereocenters. The zero-order chi connectivity index (χ0) is 18.4. The number of nitrogens with one attached hydrogen (secondary N) is 1. The third-order valence-electron chi connectivity index (χ3n) is 4.39. The molecule has 25 heavy (non-hydrogen) atoms. The lowest BCUT2D eigenvalue weighted by molar-refractivity contribution is -0.133. The van der Waals surface area contributed by atoms with Gasteiger partial charge in [0, 0.05) is 18.5 Å². The van der Waals surface area contributed by atoms with Crippen molar-refractivity contribution >= 4 is 11.9 Å². The standard InChI is InChI=1S/C19H26N2O4/c1-3-15(9-13-7-5-4-6-8-13)25-17-11-14(19(23)24)10-16(20)18(17)21-12(2)22/h4-8,11,15-18H,3,9-10,20H2,1-2H3,(H,21,22)(H,23,24)/t15-,16-,17+,18+/m0/s1. The van der Waals surface area contributed by atoms with Crippen LogP contribution in [0.1, 0.15) is 32.3 Å². The summed E-state index contributed by atoms with van der Waals surface area (Å²) in [5.41, 5.74) is 7.49. The summed E-state index contributed by atoms with van der Waals surface area (Å²) in [5, 5.41) is 12.1. The van der Waals surface area contributed by atoms with Crippen molar-refractivity contribution in [3.8, 4) is 0 Å². The first kappa shape index (κ1) is 19.1. The van der Waals surface area contributed by atoms with E-state index in [1.165, 1.54) is 6.92 Å². The molecule has 4 N–H and O–H groups in total. The summed E-state index contributed by atoms with van der Waals surface area (Å²) < 4.78 is 6.17. The van der Waals surface area contributed by atoms with Crippen LogP contribution in [-0.4, -0.2) is 41.3 Å². The number of aliphatic carboxylic acids is 1. The molecule has 0 fully saturated rings.